The van der Waals surface area contributed by atoms with Crippen molar-refractivity contribution in [1.29, 1.82) is 0 Å². The highest BCUT2D eigenvalue weighted by Crippen LogP contribution is 2.24. The number of ether oxygens (including phenoxy) is 2. The summed E-state index contributed by atoms with van der Waals surface area (Å²) in [7, 11) is -3.88. The van der Waals surface area contributed by atoms with Gasteiger partial charge >= 0.3 is 0 Å². The van der Waals surface area contributed by atoms with Crippen LogP contribution in [-0.2, 0) is 23.8 Å². The highest BCUT2D eigenvalue weighted by atomic mass is 32.2. The normalized spacial score (nSPS) is 15.2. The maximum atomic E-state index is 14.4. The lowest BCUT2D eigenvalue weighted by molar-refractivity contribution is -0.208. The third kappa shape index (κ3) is 6.47. The predicted octanol–water partition coefficient (Wildman–Crippen LogP) is 3.61. The maximum Gasteiger partial charge on any atom is 0.296 e. The summed E-state index contributed by atoms with van der Waals surface area (Å²) in [6.07, 6.45) is -2.04. The molecule has 0 aliphatic carbocycles. The highest BCUT2D eigenvalue weighted by molar-refractivity contribution is 7.86. The Hall–Kier alpha value is -1.02. The largest absolute Gasteiger partial charge is 0.353 e. The van der Waals surface area contributed by atoms with Crippen LogP contribution in [0.25, 0.3) is 0 Å². The fourth-order valence-corrected chi connectivity index (χ4v) is 3.07. The molecule has 0 fully saturated rings. The van der Waals surface area contributed by atoms with Crippen LogP contribution >= 0.6 is 0 Å². The molecule has 0 saturated carbocycles. The molecule has 5 nitrogen and oxygen atoms in total. The van der Waals surface area contributed by atoms with E-state index >= 15 is 0 Å². The molecule has 0 heterocycles. The van der Waals surface area contributed by atoms with Gasteiger partial charge in [0.05, 0.1) is 17.1 Å². The molecule has 0 amide bonds. The van der Waals surface area contributed by atoms with Gasteiger partial charge in [0.25, 0.3) is 10.1 Å². The summed E-state index contributed by atoms with van der Waals surface area (Å²) in [4.78, 5) is 0.0592. The van der Waals surface area contributed by atoms with Gasteiger partial charge in [-0.25, -0.2) is 4.39 Å². The Balaban J connectivity index is 2.54. The minimum Gasteiger partial charge on any atom is -0.353 e. The van der Waals surface area contributed by atoms with E-state index in [9.17, 15) is 12.8 Å². The summed E-state index contributed by atoms with van der Waals surface area (Å²) in [6, 6.07) is 6.30. The first-order chi connectivity index (χ1) is 11.1. The number of halogens is 1. The first-order valence-electron chi connectivity index (χ1n) is 7.98. The smallest absolute Gasteiger partial charge is 0.296 e. The van der Waals surface area contributed by atoms with E-state index in [0.29, 0.717) is 6.61 Å². The van der Waals surface area contributed by atoms with Crippen LogP contribution in [-0.4, -0.2) is 39.7 Å². The molecule has 0 aliphatic rings. The minimum atomic E-state index is -3.88. The van der Waals surface area contributed by atoms with Crippen molar-refractivity contribution in [1.82, 2.24) is 0 Å². The van der Waals surface area contributed by atoms with E-state index in [1.54, 1.807) is 32.9 Å². The molecule has 0 spiro atoms. The molecule has 0 aromatic heterocycles. The van der Waals surface area contributed by atoms with Gasteiger partial charge in [0.1, 0.15) is 6.17 Å². The van der Waals surface area contributed by atoms with Crippen LogP contribution in [0.5, 0.6) is 0 Å². The lowest BCUT2D eigenvalue weighted by Crippen LogP contribution is -2.40. The number of aryl methyl sites for hydroxylation is 1. The van der Waals surface area contributed by atoms with Crippen molar-refractivity contribution in [2.75, 3.05) is 13.2 Å². The lowest BCUT2D eigenvalue weighted by Gasteiger charge is -2.31. The summed E-state index contributed by atoms with van der Waals surface area (Å²) < 4.78 is 54.1. The van der Waals surface area contributed by atoms with E-state index in [1.807, 2.05) is 13.8 Å². The third-order valence-corrected chi connectivity index (χ3v) is 4.87. The van der Waals surface area contributed by atoms with Gasteiger partial charge in [0.2, 0.25) is 0 Å². The zero-order chi connectivity index (χ0) is 18.4. The molecular formula is C17H27FO5S. The van der Waals surface area contributed by atoms with Gasteiger partial charge in [0, 0.05) is 13.0 Å². The fourth-order valence-electron chi connectivity index (χ4n) is 2.15. The second-order valence-electron chi connectivity index (χ2n) is 6.09. The average Bonchev–Trinajstić information content (AvgIpc) is 2.47. The number of hydrogen-bond acceptors (Lipinski definition) is 5. The summed E-state index contributed by atoms with van der Waals surface area (Å²) in [5.41, 5.74) is -0.161. The Morgan fingerprint density at radius 3 is 2.33 bits per heavy atom. The third-order valence-electron chi connectivity index (χ3n) is 3.54. The molecule has 1 unspecified atom stereocenters. The first kappa shape index (κ1) is 21.0. The van der Waals surface area contributed by atoms with Crippen LogP contribution < -0.4 is 0 Å². The van der Waals surface area contributed by atoms with E-state index < -0.39 is 28.2 Å². The highest BCUT2D eigenvalue weighted by Gasteiger charge is 2.33. The maximum absolute atomic E-state index is 14.4. The Morgan fingerprint density at radius 2 is 1.79 bits per heavy atom. The monoisotopic (exact) mass is 362 g/mol. The predicted molar refractivity (Wildman–Crippen MR) is 90.1 cm³/mol. The first-order valence-corrected chi connectivity index (χ1v) is 9.39. The Labute approximate surface area is 144 Å². The van der Waals surface area contributed by atoms with Crippen LogP contribution in [0.1, 0.15) is 39.7 Å². The summed E-state index contributed by atoms with van der Waals surface area (Å²) in [6.45, 7) is 8.78. The number of benzene rings is 1. The molecule has 138 valence electrons. The summed E-state index contributed by atoms with van der Waals surface area (Å²) >= 11 is 0. The molecular weight excluding hydrogens is 335 g/mol. The minimum absolute atomic E-state index is 0.0592. The molecule has 0 bridgehead atoms. The van der Waals surface area contributed by atoms with Crippen LogP contribution in [0, 0.1) is 6.92 Å². The number of rotatable bonds is 10. The van der Waals surface area contributed by atoms with Crippen molar-refractivity contribution in [3.8, 4) is 0 Å². The molecule has 0 saturated heterocycles. The SMILES string of the molecule is CCOC(C)OC(C)(C)[C@@H](F)CCOS(=O)(=O)c1ccc(C)cc1. The molecule has 1 aromatic carbocycles. The van der Waals surface area contributed by atoms with E-state index in [2.05, 4.69) is 0 Å². The molecule has 0 radical (unpaired) electrons. The van der Waals surface area contributed by atoms with Gasteiger partial charge in [-0.1, -0.05) is 17.7 Å². The van der Waals surface area contributed by atoms with Crippen LogP contribution in [0.2, 0.25) is 0 Å². The zero-order valence-electron chi connectivity index (χ0n) is 14.9. The fraction of sp³-hybridized carbons (Fsp3) is 0.647. The van der Waals surface area contributed by atoms with Crippen molar-refractivity contribution in [2.24, 2.45) is 0 Å². The number of alkyl halides is 1. The van der Waals surface area contributed by atoms with Crippen molar-refractivity contribution >= 4 is 10.1 Å². The second-order valence-corrected chi connectivity index (χ2v) is 7.70. The van der Waals surface area contributed by atoms with Gasteiger partial charge < -0.3 is 9.47 Å². The van der Waals surface area contributed by atoms with E-state index in [4.69, 9.17) is 13.7 Å². The standard InChI is InChI=1S/C17H27FO5S/c1-6-21-14(3)23-17(4,5)16(18)11-12-22-24(19,20)15-9-7-13(2)8-10-15/h7-10,14,16H,6,11-12H2,1-5H3/t14?,16-/m0/s1. The van der Waals surface area contributed by atoms with Gasteiger partial charge in [-0.05, 0) is 46.8 Å². The quantitative estimate of drug-likeness (QED) is 0.470. The van der Waals surface area contributed by atoms with Crippen molar-refractivity contribution in [2.45, 2.75) is 64.0 Å². The zero-order valence-corrected chi connectivity index (χ0v) is 15.7. The molecule has 2 atom stereocenters. The van der Waals surface area contributed by atoms with Crippen LogP contribution in [0.3, 0.4) is 0 Å². The molecule has 1 aromatic rings. The van der Waals surface area contributed by atoms with Crippen molar-refractivity contribution in [3.05, 3.63) is 29.8 Å². The van der Waals surface area contributed by atoms with Gasteiger partial charge in [-0.2, -0.15) is 8.42 Å². The van der Waals surface area contributed by atoms with E-state index in [0.717, 1.165) is 5.56 Å². The molecule has 7 heteroatoms. The van der Waals surface area contributed by atoms with Gasteiger partial charge in [0.15, 0.2) is 6.29 Å². The molecule has 1 rings (SSSR count). The molecule has 24 heavy (non-hydrogen) atoms. The van der Waals surface area contributed by atoms with E-state index in [-0.39, 0.29) is 17.9 Å². The summed E-state index contributed by atoms with van der Waals surface area (Å²) in [5, 5.41) is 0. The average molecular weight is 362 g/mol. The van der Waals surface area contributed by atoms with Crippen LogP contribution in [0.4, 0.5) is 4.39 Å². The van der Waals surface area contributed by atoms with Gasteiger partial charge in [-0.15, -0.1) is 0 Å². The molecule has 0 aliphatic heterocycles. The second kappa shape index (κ2) is 8.89. The van der Waals surface area contributed by atoms with Gasteiger partial charge in [-0.3, -0.25) is 4.18 Å². The molecule has 0 N–H and O–H groups in total. The van der Waals surface area contributed by atoms with Crippen molar-refractivity contribution in [3.63, 3.8) is 0 Å². The summed E-state index contributed by atoms with van der Waals surface area (Å²) in [5.74, 6) is 0. The topological polar surface area (TPSA) is 61.8 Å². The Morgan fingerprint density at radius 1 is 1.21 bits per heavy atom. The number of hydrogen-bond donors (Lipinski definition) is 0. The Kier molecular flexibility index (Phi) is 7.79. The van der Waals surface area contributed by atoms with E-state index in [1.165, 1.54) is 12.1 Å². The van der Waals surface area contributed by atoms with Crippen LogP contribution in [0.15, 0.2) is 29.2 Å². The lowest BCUT2D eigenvalue weighted by atomic mass is 10.0. The van der Waals surface area contributed by atoms with Crippen molar-refractivity contribution < 1.29 is 26.5 Å². The Bertz CT molecular complexity index is 598.